The highest BCUT2D eigenvalue weighted by atomic mass is 16.5. The molecule has 116 valence electrons. The topological polar surface area (TPSA) is 50.4 Å². The second-order valence-electron chi connectivity index (χ2n) is 6.49. The summed E-state index contributed by atoms with van der Waals surface area (Å²) in [6, 6.07) is 0.273. The van der Waals surface area contributed by atoms with Crippen LogP contribution < -0.4 is 10.6 Å². The number of hydrogen-bond donors (Lipinski definition) is 2. The van der Waals surface area contributed by atoms with Gasteiger partial charge in [-0.15, -0.1) is 0 Å². The molecule has 2 heterocycles. The Bertz CT molecular complexity index is 302. The minimum Gasteiger partial charge on any atom is -0.381 e. The van der Waals surface area contributed by atoms with Gasteiger partial charge in [-0.3, -0.25) is 4.79 Å². The highest BCUT2D eigenvalue weighted by Crippen LogP contribution is 2.34. The van der Waals surface area contributed by atoms with Crippen LogP contribution in [0, 0.1) is 11.3 Å². The molecule has 1 atom stereocenters. The lowest BCUT2D eigenvalue weighted by Gasteiger charge is -2.38. The molecule has 2 aliphatic heterocycles. The van der Waals surface area contributed by atoms with Crippen molar-refractivity contribution in [1.29, 1.82) is 0 Å². The van der Waals surface area contributed by atoms with E-state index in [2.05, 4.69) is 24.5 Å². The van der Waals surface area contributed by atoms with Crippen LogP contribution in [0.25, 0.3) is 0 Å². The van der Waals surface area contributed by atoms with Gasteiger partial charge in [0.15, 0.2) is 0 Å². The number of piperidine rings is 1. The van der Waals surface area contributed by atoms with Gasteiger partial charge in [-0.25, -0.2) is 0 Å². The Kier molecular flexibility index (Phi) is 5.85. The van der Waals surface area contributed by atoms with Crippen molar-refractivity contribution in [3.8, 4) is 0 Å². The van der Waals surface area contributed by atoms with Gasteiger partial charge in [0.1, 0.15) is 0 Å². The molecule has 2 aliphatic rings. The van der Waals surface area contributed by atoms with Gasteiger partial charge in [0, 0.05) is 19.3 Å². The van der Waals surface area contributed by atoms with Crippen molar-refractivity contribution >= 4 is 5.91 Å². The Morgan fingerprint density at radius 1 is 1.35 bits per heavy atom. The van der Waals surface area contributed by atoms with Crippen LogP contribution >= 0.6 is 0 Å². The quantitative estimate of drug-likeness (QED) is 0.812. The lowest BCUT2D eigenvalue weighted by Crippen LogP contribution is -2.51. The Morgan fingerprint density at radius 3 is 2.60 bits per heavy atom. The molecule has 0 aromatic carbocycles. The van der Waals surface area contributed by atoms with Crippen LogP contribution in [0.4, 0.5) is 0 Å². The minimum absolute atomic E-state index is 0.126. The molecule has 2 N–H and O–H groups in total. The Labute approximate surface area is 123 Å². The van der Waals surface area contributed by atoms with E-state index in [1.807, 2.05) is 0 Å². The summed E-state index contributed by atoms with van der Waals surface area (Å²) < 4.78 is 5.41. The molecule has 1 unspecified atom stereocenters. The van der Waals surface area contributed by atoms with Crippen molar-refractivity contribution < 1.29 is 9.53 Å². The summed E-state index contributed by atoms with van der Waals surface area (Å²) in [7, 11) is 0. The summed E-state index contributed by atoms with van der Waals surface area (Å²) in [6.07, 6.45) is 6.20. The van der Waals surface area contributed by atoms with E-state index in [9.17, 15) is 4.79 Å². The van der Waals surface area contributed by atoms with Crippen molar-refractivity contribution in [1.82, 2.24) is 10.6 Å². The molecule has 0 spiro atoms. The molecule has 2 rings (SSSR count). The van der Waals surface area contributed by atoms with E-state index in [0.717, 1.165) is 64.8 Å². The number of hydrogen-bond acceptors (Lipinski definition) is 3. The van der Waals surface area contributed by atoms with Gasteiger partial charge >= 0.3 is 0 Å². The fourth-order valence-corrected chi connectivity index (χ4v) is 3.67. The zero-order chi connectivity index (χ0) is 14.4. The highest BCUT2D eigenvalue weighted by Gasteiger charge is 2.39. The van der Waals surface area contributed by atoms with Gasteiger partial charge < -0.3 is 15.4 Å². The molecule has 0 aliphatic carbocycles. The SMILES string of the molecule is CCCC1(C(=O)NC(C)C2CCOCC2)CCNCC1. The first-order valence-corrected chi connectivity index (χ1v) is 8.27. The Morgan fingerprint density at radius 2 is 2.00 bits per heavy atom. The second-order valence-corrected chi connectivity index (χ2v) is 6.49. The first kappa shape index (κ1) is 15.8. The van der Waals surface area contributed by atoms with Crippen molar-refractivity contribution in [2.75, 3.05) is 26.3 Å². The number of carbonyl (C=O) groups excluding carboxylic acids is 1. The Balaban J connectivity index is 1.93. The van der Waals surface area contributed by atoms with Gasteiger partial charge in [-0.1, -0.05) is 13.3 Å². The van der Waals surface area contributed by atoms with Crippen LogP contribution in [0.1, 0.15) is 52.4 Å². The molecule has 0 saturated carbocycles. The number of ether oxygens (including phenoxy) is 1. The van der Waals surface area contributed by atoms with E-state index >= 15 is 0 Å². The minimum atomic E-state index is -0.126. The lowest BCUT2D eigenvalue weighted by molar-refractivity contribution is -0.134. The van der Waals surface area contributed by atoms with E-state index < -0.39 is 0 Å². The lowest BCUT2D eigenvalue weighted by atomic mass is 9.74. The first-order valence-electron chi connectivity index (χ1n) is 8.27. The summed E-state index contributed by atoms with van der Waals surface area (Å²) in [6.45, 7) is 7.97. The molecule has 2 saturated heterocycles. The summed E-state index contributed by atoms with van der Waals surface area (Å²) >= 11 is 0. The Hall–Kier alpha value is -0.610. The maximum atomic E-state index is 12.8. The van der Waals surface area contributed by atoms with Gasteiger partial charge in [-0.2, -0.15) is 0 Å². The normalized spacial score (nSPS) is 25.1. The van der Waals surface area contributed by atoms with Crippen LogP contribution in [0.15, 0.2) is 0 Å². The van der Waals surface area contributed by atoms with E-state index in [0.29, 0.717) is 11.8 Å². The van der Waals surface area contributed by atoms with Crippen molar-refractivity contribution in [3.05, 3.63) is 0 Å². The fraction of sp³-hybridized carbons (Fsp3) is 0.938. The molecule has 1 amide bonds. The van der Waals surface area contributed by atoms with Crippen LogP contribution in [0.3, 0.4) is 0 Å². The number of amides is 1. The van der Waals surface area contributed by atoms with E-state index in [1.165, 1.54) is 0 Å². The average molecular weight is 282 g/mol. The molecular weight excluding hydrogens is 252 g/mol. The maximum Gasteiger partial charge on any atom is 0.226 e. The molecule has 0 radical (unpaired) electrons. The third kappa shape index (κ3) is 3.73. The molecule has 0 aromatic rings. The van der Waals surface area contributed by atoms with Gasteiger partial charge in [-0.05, 0) is 58.0 Å². The average Bonchev–Trinajstić information content (AvgIpc) is 2.49. The number of rotatable bonds is 5. The molecule has 4 heteroatoms. The predicted octanol–water partition coefficient (Wildman–Crippen LogP) is 2.09. The van der Waals surface area contributed by atoms with Crippen molar-refractivity contribution in [2.24, 2.45) is 11.3 Å². The molecular formula is C16H30N2O2. The fourth-order valence-electron chi connectivity index (χ4n) is 3.67. The molecule has 4 nitrogen and oxygen atoms in total. The molecule has 2 fully saturated rings. The largest absolute Gasteiger partial charge is 0.381 e. The summed E-state index contributed by atoms with van der Waals surface area (Å²) in [5.74, 6) is 0.868. The van der Waals surface area contributed by atoms with E-state index in [1.54, 1.807) is 0 Å². The third-order valence-electron chi connectivity index (χ3n) is 5.10. The second kappa shape index (κ2) is 7.41. The van der Waals surface area contributed by atoms with Gasteiger partial charge in [0.05, 0.1) is 5.41 Å². The standard InChI is InChI=1S/C16H30N2O2/c1-3-6-16(7-9-17-10-8-16)15(19)18-13(2)14-4-11-20-12-5-14/h13-14,17H,3-12H2,1-2H3,(H,18,19). The highest BCUT2D eigenvalue weighted by molar-refractivity contribution is 5.83. The summed E-state index contributed by atoms with van der Waals surface area (Å²) in [5.41, 5.74) is -0.126. The van der Waals surface area contributed by atoms with E-state index in [4.69, 9.17) is 4.74 Å². The zero-order valence-corrected chi connectivity index (χ0v) is 13.0. The molecule has 0 aromatic heterocycles. The first-order chi connectivity index (χ1) is 9.68. The van der Waals surface area contributed by atoms with Crippen molar-refractivity contribution in [3.63, 3.8) is 0 Å². The van der Waals surface area contributed by atoms with Gasteiger partial charge in [0.25, 0.3) is 0 Å². The van der Waals surface area contributed by atoms with Crippen molar-refractivity contribution in [2.45, 2.75) is 58.4 Å². The smallest absolute Gasteiger partial charge is 0.226 e. The zero-order valence-electron chi connectivity index (χ0n) is 13.0. The van der Waals surface area contributed by atoms with Crippen LogP contribution in [-0.2, 0) is 9.53 Å². The maximum absolute atomic E-state index is 12.8. The van der Waals surface area contributed by atoms with E-state index in [-0.39, 0.29) is 11.5 Å². The van der Waals surface area contributed by atoms with Crippen LogP contribution in [-0.4, -0.2) is 38.3 Å². The van der Waals surface area contributed by atoms with Gasteiger partial charge in [0.2, 0.25) is 5.91 Å². The molecule has 0 bridgehead atoms. The van der Waals surface area contributed by atoms with Crippen LogP contribution in [0.5, 0.6) is 0 Å². The number of carbonyl (C=O) groups is 1. The predicted molar refractivity (Wildman–Crippen MR) is 80.6 cm³/mol. The monoisotopic (exact) mass is 282 g/mol. The third-order valence-corrected chi connectivity index (χ3v) is 5.10. The molecule has 20 heavy (non-hydrogen) atoms. The van der Waals surface area contributed by atoms with Crippen LogP contribution in [0.2, 0.25) is 0 Å². The summed E-state index contributed by atoms with van der Waals surface area (Å²) in [5, 5.41) is 6.70. The number of nitrogens with one attached hydrogen (secondary N) is 2. The summed E-state index contributed by atoms with van der Waals surface area (Å²) in [4.78, 5) is 12.8.